The van der Waals surface area contributed by atoms with E-state index in [4.69, 9.17) is 0 Å². The predicted octanol–water partition coefficient (Wildman–Crippen LogP) is 3.05. The zero-order valence-electron chi connectivity index (χ0n) is 15.7. The fraction of sp³-hybridized carbons (Fsp3) is 0.381. The quantitative estimate of drug-likeness (QED) is 0.757. The van der Waals surface area contributed by atoms with Gasteiger partial charge in [-0.3, -0.25) is 4.79 Å². The number of piperidine rings is 1. The van der Waals surface area contributed by atoms with Gasteiger partial charge < -0.3 is 14.8 Å². The molecule has 1 N–H and O–H groups in total. The van der Waals surface area contributed by atoms with E-state index in [0.29, 0.717) is 13.1 Å². The Morgan fingerprint density at radius 3 is 2.78 bits per heavy atom. The van der Waals surface area contributed by atoms with Crippen molar-refractivity contribution in [2.75, 3.05) is 18.0 Å². The maximum absolute atomic E-state index is 12.4. The van der Waals surface area contributed by atoms with Crippen molar-refractivity contribution >= 4 is 22.8 Å². The van der Waals surface area contributed by atoms with Crippen molar-refractivity contribution < 1.29 is 4.79 Å². The molecule has 1 aliphatic rings. The molecule has 140 valence electrons. The van der Waals surface area contributed by atoms with Crippen LogP contribution in [0.3, 0.4) is 0 Å². The van der Waals surface area contributed by atoms with Crippen LogP contribution in [0.1, 0.15) is 30.7 Å². The lowest BCUT2D eigenvalue weighted by atomic mass is 10.1. The summed E-state index contributed by atoms with van der Waals surface area (Å²) in [7, 11) is 0. The van der Waals surface area contributed by atoms with Gasteiger partial charge >= 0.3 is 0 Å². The molecule has 0 atom stereocenters. The second-order valence-corrected chi connectivity index (χ2v) is 7.13. The van der Waals surface area contributed by atoms with Gasteiger partial charge in [-0.15, -0.1) is 0 Å². The van der Waals surface area contributed by atoms with Crippen LogP contribution >= 0.6 is 0 Å². The minimum atomic E-state index is -0.0212. The van der Waals surface area contributed by atoms with Crippen LogP contribution in [0.4, 0.5) is 5.95 Å². The topological polar surface area (TPSA) is 63.1 Å². The third-order valence-corrected chi connectivity index (χ3v) is 5.00. The Balaban J connectivity index is 1.40. The zero-order chi connectivity index (χ0) is 18.6. The van der Waals surface area contributed by atoms with Gasteiger partial charge in [0.2, 0.25) is 11.9 Å². The van der Waals surface area contributed by atoms with Gasteiger partial charge in [-0.2, -0.15) is 0 Å². The van der Waals surface area contributed by atoms with Crippen LogP contribution in [0.5, 0.6) is 0 Å². The largest absolute Gasteiger partial charge is 0.349 e. The molecule has 1 aliphatic heterocycles. The lowest BCUT2D eigenvalue weighted by Gasteiger charge is -2.27. The summed E-state index contributed by atoms with van der Waals surface area (Å²) in [6.45, 7) is 4.72. The van der Waals surface area contributed by atoms with Crippen molar-refractivity contribution in [2.45, 2.75) is 39.3 Å². The number of rotatable bonds is 5. The minimum Gasteiger partial charge on any atom is -0.349 e. The van der Waals surface area contributed by atoms with Crippen LogP contribution in [0.2, 0.25) is 0 Å². The molecule has 27 heavy (non-hydrogen) atoms. The maximum atomic E-state index is 12.4. The standard InChI is InChI=1S/C21H25N5O/c1-16-13-18(24-21(23-16)25-10-5-2-6-11-25)14-22-20(27)15-26-12-9-17-7-3-4-8-19(17)26/h3-4,7-9,12-13H,2,5-6,10-11,14-15H2,1H3,(H,22,27). The van der Waals surface area contributed by atoms with E-state index in [1.54, 1.807) is 0 Å². The third-order valence-electron chi connectivity index (χ3n) is 5.00. The van der Waals surface area contributed by atoms with Gasteiger partial charge in [0.05, 0.1) is 12.2 Å². The van der Waals surface area contributed by atoms with Crippen molar-refractivity contribution in [3.63, 3.8) is 0 Å². The molecule has 1 fully saturated rings. The van der Waals surface area contributed by atoms with Gasteiger partial charge in [-0.05, 0) is 49.8 Å². The van der Waals surface area contributed by atoms with E-state index in [1.165, 1.54) is 19.3 Å². The van der Waals surface area contributed by atoms with Gasteiger partial charge in [0, 0.05) is 30.5 Å². The number of hydrogen-bond donors (Lipinski definition) is 1. The summed E-state index contributed by atoms with van der Waals surface area (Å²) >= 11 is 0. The predicted molar refractivity (Wildman–Crippen MR) is 107 cm³/mol. The molecule has 0 radical (unpaired) electrons. The fourth-order valence-electron chi connectivity index (χ4n) is 3.62. The lowest BCUT2D eigenvalue weighted by Crippen LogP contribution is -2.32. The highest BCUT2D eigenvalue weighted by molar-refractivity contribution is 5.83. The van der Waals surface area contributed by atoms with Crippen LogP contribution in [0.15, 0.2) is 42.6 Å². The summed E-state index contributed by atoms with van der Waals surface area (Å²) in [5, 5.41) is 4.13. The molecule has 4 rings (SSSR count). The number of benzene rings is 1. The molecule has 3 aromatic rings. The van der Waals surface area contributed by atoms with E-state index in [-0.39, 0.29) is 5.91 Å². The fourth-order valence-corrected chi connectivity index (χ4v) is 3.62. The molecule has 0 bridgehead atoms. The number of aryl methyl sites for hydroxylation is 1. The zero-order valence-corrected chi connectivity index (χ0v) is 15.7. The summed E-state index contributed by atoms with van der Waals surface area (Å²) in [5.74, 6) is 0.766. The summed E-state index contributed by atoms with van der Waals surface area (Å²) < 4.78 is 1.97. The molecule has 3 heterocycles. The normalized spacial score (nSPS) is 14.5. The van der Waals surface area contributed by atoms with E-state index in [9.17, 15) is 4.79 Å². The molecule has 2 aromatic heterocycles. The van der Waals surface area contributed by atoms with Crippen LogP contribution in [0.25, 0.3) is 10.9 Å². The van der Waals surface area contributed by atoms with Gasteiger partial charge in [0.15, 0.2) is 0 Å². The molecule has 6 heteroatoms. The maximum Gasteiger partial charge on any atom is 0.240 e. The van der Waals surface area contributed by atoms with Gasteiger partial charge in [0.25, 0.3) is 0 Å². The van der Waals surface area contributed by atoms with Gasteiger partial charge in [-0.25, -0.2) is 9.97 Å². The second-order valence-electron chi connectivity index (χ2n) is 7.13. The van der Waals surface area contributed by atoms with Crippen molar-refractivity contribution in [1.29, 1.82) is 0 Å². The van der Waals surface area contributed by atoms with Crippen LogP contribution in [-0.2, 0) is 17.9 Å². The molecular weight excluding hydrogens is 338 g/mol. The number of carbonyl (C=O) groups is 1. The van der Waals surface area contributed by atoms with E-state index in [1.807, 2.05) is 48.0 Å². The summed E-state index contributed by atoms with van der Waals surface area (Å²) in [6.07, 6.45) is 5.61. The number of aromatic nitrogens is 3. The average molecular weight is 363 g/mol. The molecule has 0 unspecified atom stereocenters. The number of carbonyl (C=O) groups excluding carboxylic acids is 1. The van der Waals surface area contributed by atoms with Gasteiger partial charge in [0.1, 0.15) is 6.54 Å². The molecule has 1 aromatic carbocycles. The lowest BCUT2D eigenvalue weighted by molar-refractivity contribution is -0.121. The smallest absolute Gasteiger partial charge is 0.240 e. The van der Waals surface area contributed by atoms with Crippen molar-refractivity contribution in [3.8, 4) is 0 Å². The molecular formula is C21H25N5O. The van der Waals surface area contributed by atoms with E-state index < -0.39 is 0 Å². The first-order valence-corrected chi connectivity index (χ1v) is 9.59. The Kier molecular flexibility index (Phi) is 5.05. The Hall–Kier alpha value is -2.89. The van der Waals surface area contributed by atoms with Crippen LogP contribution in [-0.4, -0.2) is 33.5 Å². The van der Waals surface area contributed by atoms with Crippen molar-refractivity contribution in [2.24, 2.45) is 0 Å². The first kappa shape index (κ1) is 17.5. The third kappa shape index (κ3) is 4.10. The molecule has 1 amide bonds. The number of fused-ring (bicyclic) bond motifs is 1. The highest BCUT2D eigenvalue weighted by atomic mass is 16.1. The van der Waals surface area contributed by atoms with Crippen LogP contribution in [0, 0.1) is 6.92 Å². The highest BCUT2D eigenvalue weighted by Gasteiger charge is 2.15. The Morgan fingerprint density at radius 2 is 1.93 bits per heavy atom. The molecule has 0 aliphatic carbocycles. The van der Waals surface area contributed by atoms with E-state index in [2.05, 4.69) is 26.3 Å². The van der Waals surface area contributed by atoms with Crippen molar-refractivity contribution in [1.82, 2.24) is 19.9 Å². The van der Waals surface area contributed by atoms with E-state index >= 15 is 0 Å². The average Bonchev–Trinajstić information content (AvgIpc) is 3.10. The first-order chi connectivity index (χ1) is 13.2. The van der Waals surface area contributed by atoms with Crippen molar-refractivity contribution in [3.05, 3.63) is 54.0 Å². The van der Waals surface area contributed by atoms with Crippen LogP contribution < -0.4 is 10.2 Å². The Labute approximate surface area is 159 Å². The second kappa shape index (κ2) is 7.78. The molecule has 6 nitrogen and oxygen atoms in total. The molecule has 0 spiro atoms. The highest BCUT2D eigenvalue weighted by Crippen LogP contribution is 2.17. The number of hydrogen-bond acceptors (Lipinski definition) is 4. The number of amides is 1. The number of para-hydroxylation sites is 1. The minimum absolute atomic E-state index is 0.0212. The number of anilines is 1. The molecule has 1 saturated heterocycles. The Bertz CT molecular complexity index is 943. The first-order valence-electron chi connectivity index (χ1n) is 9.59. The van der Waals surface area contributed by atoms with E-state index in [0.717, 1.165) is 41.3 Å². The monoisotopic (exact) mass is 363 g/mol. The number of nitrogens with zero attached hydrogens (tertiary/aromatic N) is 4. The summed E-state index contributed by atoms with van der Waals surface area (Å²) in [5.41, 5.74) is 2.86. The van der Waals surface area contributed by atoms with Gasteiger partial charge in [-0.1, -0.05) is 18.2 Å². The summed E-state index contributed by atoms with van der Waals surface area (Å²) in [6, 6.07) is 12.0. The Morgan fingerprint density at radius 1 is 1.11 bits per heavy atom. The number of nitrogens with one attached hydrogen (secondary N) is 1. The summed E-state index contributed by atoms with van der Waals surface area (Å²) in [4.78, 5) is 23.9. The molecule has 0 saturated carbocycles. The SMILES string of the molecule is Cc1cc(CNC(=O)Cn2ccc3ccccc32)nc(N2CCCCC2)n1.